The molecule has 1 heterocycles. The molecular formula is C12H25N3O2. The molecule has 0 aromatic carbocycles. The summed E-state index contributed by atoms with van der Waals surface area (Å²) in [7, 11) is 0. The van der Waals surface area contributed by atoms with E-state index in [1.807, 2.05) is 6.92 Å². The van der Waals surface area contributed by atoms with Crippen LogP contribution in [0, 0.1) is 0 Å². The average Bonchev–Trinajstić information content (AvgIpc) is 2.26. The molecule has 1 unspecified atom stereocenters. The van der Waals surface area contributed by atoms with E-state index < -0.39 is 5.60 Å². The predicted octanol–water partition coefficient (Wildman–Crippen LogP) is -0.443. The highest BCUT2D eigenvalue weighted by Crippen LogP contribution is 2.11. The van der Waals surface area contributed by atoms with E-state index in [0.717, 1.165) is 19.6 Å². The Morgan fingerprint density at radius 2 is 2.29 bits per heavy atom. The summed E-state index contributed by atoms with van der Waals surface area (Å²) in [5.41, 5.74) is -0.670. The highest BCUT2D eigenvalue weighted by atomic mass is 16.3. The van der Waals surface area contributed by atoms with Crippen molar-refractivity contribution in [3.63, 3.8) is 0 Å². The van der Waals surface area contributed by atoms with Crippen LogP contribution in [-0.4, -0.2) is 60.3 Å². The summed E-state index contributed by atoms with van der Waals surface area (Å²) in [4.78, 5) is 14.0. The van der Waals surface area contributed by atoms with Gasteiger partial charge in [0.05, 0.1) is 5.60 Å². The molecular weight excluding hydrogens is 218 g/mol. The minimum Gasteiger partial charge on any atom is -0.390 e. The van der Waals surface area contributed by atoms with E-state index in [4.69, 9.17) is 0 Å². The quantitative estimate of drug-likeness (QED) is 0.612. The predicted molar refractivity (Wildman–Crippen MR) is 67.8 cm³/mol. The van der Waals surface area contributed by atoms with Gasteiger partial charge in [0.25, 0.3) is 0 Å². The second-order valence-electron chi connectivity index (χ2n) is 5.21. The molecule has 3 N–H and O–H groups in total. The van der Waals surface area contributed by atoms with Gasteiger partial charge in [0.15, 0.2) is 0 Å². The van der Waals surface area contributed by atoms with Gasteiger partial charge in [0, 0.05) is 32.7 Å². The van der Waals surface area contributed by atoms with Gasteiger partial charge >= 0.3 is 0 Å². The Hall–Kier alpha value is -0.650. The number of amides is 1. The first-order valence-corrected chi connectivity index (χ1v) is 6.39. The van der Waals surface area contributed by atoms with Gasteiger partial charge in [-0.3, -0.25) is 9.69 Å². The second-order valence-corrected chi connectivity index (χ2v) is 5.21. The van der Waals surface area contributed by atoms with Crippen molar-refractivity contribution < 1.29 is 9.90 Å². The third-order valence-electron chi connectivity index (χ3n) is 3.02. The molecule has 1 fully saturated rings. The molecule has 100 valence electrons. The first-order valence-electron chi connectivity index (χ1n) is 6.39. The van der Waals surface area contributed by atoms with Crippen LogP contribution in [0.4, 0.5) is 0 Å². The van der Waals surface area contributed by atoms with Crippen LogP contribution in [0.3, 0.4) is 0 Å². The molecule has 0 spiro atoms. The lowest BCUT2D eigenvalue weighted by atomic mass is 10.0. The lowest BCUT2D eigenvalue weighted by Gasteiger charge is -2.36. The van der Waals surface area contributed by atoms with Crippen molar-refractivity contribution in [1.82, 2.24) is 15.5 Å². The fourth-order valence-corrected chi connectivity index (χ4v) is 1.98. The zero-order valence-corrected chi connectivity index (χ0v) is 11.1. The van der Waals surface area contributed by atoms with Gasteiger partial charge in [-0.25, -0.2) is 0 Å². The van der Waals surface area contributed by atoms with Crippen molar-refractivity contribution in [2.45, 2.75) is 38.8 Å². The van der Waals surface area contributed by atoms with Crippen molar-refractivity contribution in [3.05, 3.63) is 0 Å². The lowest BCUT2D eigenvalue weighted by molar-refractivity contribution is -0.127. The lowest BCUT2D eigenvalue weighted by Crippen LogP contribution is -2.58. The van der Waals surface area contributed by atoms with Crippen LogP contribution in [0.5, 0.6) is 0 Å². The minimum atomic E-state index is -0.670. The van der Waals surface area contributed by atoms with Crippen LogP contribution in [0.2, 0.25) is 0 Å². The van der Waals surface area contributed by atoms with E-state index in [1.54, 1.807) is 13.8 Å². The number of likely N-dealkylation sites (N-methyl/N-ethyl adjacent to an activating group) is 1. The summed E-state index contributed by atoms with van der Waals surface area (Å²) >= 11 is 0. The maximum absolute atomic E-state index is 11.9. The number of rotatable bonds is 5. The maximum atomic E-state index is 11.9. The number of carbonyl (C=O) groups is 1. The van der Waals surface area contributed by atoms with Gasteiger partial charge < -0.3 is 15.7 Å². The first kappa shape index (κ1) is 14.4. The summed E-state index contributed by atoms with van der Waals surface area (Å²) in [5.74, 6) is 0.0791. The molecule has 5 nitrogen and oxygen atoms in total. The number of nitrogens with zero attached hydrogens (tertiary/aromatic N) is 1. The zero-order valence-electron chi connectivity index (χ0n) is 11.1. The molecule has 0 bridgehead atoms. The Morgan fingerprint density at radius 1 is 1.59 bits per heavy atom. The van der Waals surface area contributed by atoms with E-state index in [0.29, 0.717) is 19.5 Å². The van der Waals surface area contributed by atoms with Gasteiger partial charge in [-0.2, -0.15) is 0 Å². The van der Waals surface area contributed by atoms with Crippen LogP contribution in [0.25, 0.3) is 0 Å². The largest absolute Gasteiger partial charge is 0.390 e. The van der Waals surface area contributed by atoms with E-state index in [1.165, 1.54) is 0 Å². The van der Waals surface area contributed by atoms with E-state index in [2.05, 4.69) is 15.5 Å². The Morgan fingerprint density at radius 3 is 2.88 bits per heavy atom. The molecule has 1 atom stereocenters. The zero-order chi connectivity index (χ0) is 12.9. The molecule has 17 heavy (non-hydrogen) atoms. The number of piperazine rings is 1. The Balaban J connectivity index is 2.50. The number of hydrogen-bond acceptors (Lipinski definition) is 4. The fourth-order valence-electron chi connectivity index (χ4n) is 1.98. The fraction of sp³-hybridized carbons (Fsp3) is 0.917. The van der Waals surface area contributed by atoms with Gasteiger partial charge in [-0.05, 0) is 27.2 Å². The molecule has 0 radical (unpaired) electrons. The van der Waals surface area contributed by atoms with Gasteiger partial charge in [-0.1, -0.05) is 0 Å². The van der Waals surface area contributed by atoms with Gasteiger partial charge in [-0.15, -0.1) is 0 Å². The van der Waals surface area contributed by atoms with Crippen LogP contribution < -0.4 is 10.6 Å². The summed E-state index contributed by atoms with van der Waals surface area (Å²) in [5, 5.41) is 15.8. The monoisotopic (exact) mass is 243 g/mol. The topological polar surface area (TPSA) is 64.6 Å². The Kier molecular flexibility index (Phi) is 5.36. The van der Waals surface area contributed by atoms with Crippen molar-refractivity contribution in [2.75, 3.05) is 32.7 Å². The number of hydrogen-bond donors (Lipinski definition) is 3. The number of nitrogens with one attached hydrogen (secondary N) is 2. The molecule has 1 aliphatic heterocycles. The minimum absolute atomic E-state index is 0.0791. The molecule has 0 aliphatic carbocycles. The van der Waals surface area contributed by atoms with Crippen molar-refractivity contribution >= 4 is 5.91 Å². The van der Waals surface area contributed by atoms with Crippen molar-refractivity contribution in [2.24, 2.45) is 0 Å². The van der Waals surface area contributed by atoms with Gasteiger partial charge in [0.1, 0.15) is 6.04 Å². The molecule has 0 saturated carbocycles. The third-order valence-corrected chi connectivity index (χ3v) is 3.02. The van der Waals surface area contributed by atoms with Gasteiger partial charge in [0.2, 0.25) is 5.91 Å². The molecule has 0 aromatic rings. The summed E-state index contributed by atoms with van der Waals surface area (Å²) in [6.45, 7) is 9.40. The van der Waals surface area contributed by atoms with Crippen molar-refractivity contribution in [1.29, 1.82) is 0 Å². The molecule has 1 amide bonds. The first-order chi connectivity index (χ1) is 7.94. The highest BCUT2D eigenvalue weighted by Gasteiger charge is 2.29. The maximum Gasteiger partial charge on any atom is 0.238 e. The standard InChI is InChI=1S/C12H25N3O2/c1-4-14-11(16)10-9-13-6-8-15(10)7-5-12(2,3)17/h10,13,17H,4-9H2,1-3H3,(H,14,16). The second kappa shape index (κ2) is 6.33. The van der Waals surface area contributed by atoms with Crippen LogP contribution in [-0.2, 0) is 4.79 Å². The molecule has 5 heteroatoms. The normalized spacial score (nSPS) is 22.5. The van der Waals surface area contributed by atoms with Crippen molar-refractivity contribution in [3.8, 4) is 0 Å². The molecule has 1 aliphatic rings. The number of aliphatic hydroxyl groups is 1. The molecule has 1 saturated heterocycles. The molecule has 0 aromatic heterocycles. The Bertz CT molecular complexity index is 251. The SMILES string of the molecule is CCNC(=O)C1CNCCN1CCC(C)(C)O. The number of carbonyl (C=O) groups excluding carboxylic acids is 1. The Labute approximate surface area is 104 Å². The van der Waals surface area contributed by atoms with E-state index >= 15 is 0 Å². The summed E-state index contributed by atoms with van der Waals surface area (Å²) in [6.07, 6.45) is 0.683. The van der Waals surface area contributed by atoms with E-state index in [-0.39, 0.29) is 11.9 Å². The summed E-state index contributed by atoms with van der Waals surface area (Å²) < 4.78 is 0. The molecule has 1 rings (SSSR count). The third kappa shape index (κ3) is 5.02. The van der Waals surface area contributed by atoms with Crippen LogP contribution >= 0.6 is 0 Å². The van der Waals surface area contributed by atoms with E-state index in [9.17, 15) is 9.90 Å². The highest BCUT2D eigenvalue weighted by molar-refractivity contribution is 5.82. The van der Waals surface area contributed by atoms with Crippen LogP contribution in [0.1, 0.15) is 27.2 Å². The average molecular weight is 243 g/mol. The smallest absolute Gasteiger partial charge is 0.238 e. The summed E-state index contributed by atoms with van der Waals surface area (Å²) in [6, 6.07) is -0.106. The van der Waals surface area contributed by atoms with Crippen LogP contribution in [0.15, 0.2) is 0 Å².